The van der Waals surface area contributed by atoms with Crippen LogP contribution in [-0.4, -0.2) is 32.3 Å². The lowest BCUT2D eigenvalue weighted by Gasteiger charge is -2.09. The Labute approximate surface area is 214 Å². The van der Waals surface area contributed by atoms with Gasteiger partial charge in [-0.15, -0.1) is 11.3 Å². The first-order valence-electron chi connectivity index (χ1n) is 11.5. The molecule has 1 aliphatic heterocycles. The van der Waals surface area contributed by atoms with Gasteiger partial charge in [0.2, 0.25) is 0 Å². The molecular weight excluding hydrogens is 496 g/mol. The van der Waals surface area contributed by atoms with Crippen LogP contribution in [0.2, 0.25) is 0 Å². The summed E-state index contributed by atoms with van der Waals surface area (Å²) in [6.07, 6.45) is 1.95. The molecule has 3 aromatic heterocycles. The molecular formula is C27H19F2N5O2S. The van der Waals surface area contributed by atoms with Crippen molar-refractivity contribution in [2.24, 2.45) is 0 Å². The number of carbonyl (C=O) groups is 1. The van der Waals surface area contributed by atoms with E-state index in [-0.39, 0.29) is 17.3 Å². The van der Waals surface area contributed by atoms with Gasteiger partial charge in [-0.1, -0.05) is 30.3 Å². The van der Waals surface area contributed by atoms with Crippen molar-refractivity contribution in [2.75, 3.05) is 6.61 Å². The van der Waals surface area contributed by atoms with Crippen LogP contribution in [0.3, 0.4) is 0 Å². The highest BCUT2D eigenvalue weighted by atomic mass is 32.1. The third kappa shape index (κ3) is 4.47. The molecule has 0 unspecified atom stereocenters. The maximum absolute atomic E-state index is 14.5. The number of hydrogen-bond acceptors (Lipinski definition) is 6. The van der Waals surface area contributed by atoms with Crippen LogP contribution >= 0.6 is 11.3 Å². The first kappa shape index (κ1) is 23.0. The predicted octanol–water partition coefficient (Wildman–Crippen LogP) is 5.20. The fourth-order valence-electron chi connectivity index (χ4n) is 4.16. The minimum absolute atomic E-state index is 0.0942. The number of pyridine rings is 1. The first-order valence-corrected chi connectivity index (χ1v) is 12.3. The zero-order valence-corrected chi connectivity index (χ0v) is 20.1. The zero-order chi connectivity index (χ0) is 25.4. The third-order valence-electron chi connectivity index (χ3n) is 5.95. The van der Waals surface area contributed by atoms with E-state index in [2.05, 4.69) is 20.4 Å². The maximum atomic E-state index is 14.5. The highest BCUT2D eigenvalue weighted by Crippen LogP contribution is 2.42. The minimum atomic E-state index is -0.739. The number of fused-ring (bicyclic) bond motifs is 3. The van der Waals surface area contributed by atoms with Crippen LogP contribution in [0.1, 0.15) is 21.6 Å². The van der Waals surface area contributed by atoms with E-state index in [9.17, 15) is 13.6 Å². The van der Waals surface area contributed by atoms with Crippen molar-refractivity contribution < 1.29 is 18.3 Å². The highest BCUT2D eigenvalue weighted by molar-refractivity contribution is 7.19. The van der Waals surface area contributed by atoms with Crippen molar-refractivity contribution in [3.8, 4) is 32.7 Å². The van der Waals surface area contributed by atoms with Gasteiger partial charge in [0, 0.05) is 19.0 Å². The molecule has 10 heteroatoms. The number of benzene rings is 2. The number of rotatable bonds is 5. The lowest BCUT2D eigenvalue weighted by molar-refractivity contribution is 0.0946. The summed E-state index contributed by atoms with van der Waals surface area (Å²) in [5.41, 5.74) is 2.90. The van der Waals surface area contributed by atoms with Crippen molar-refractivity contribution in [1.82, 2.24) is 25.1 Å². The number of nitrogens with one attached hydrogen (secondary N) is 1. The second-order valence-electron chi connectivity index (χ2n) is 8.37. The molecule has 1 amide bonds. The molecule has 184 valence electrons. The van der Waals surface area contributed by atoms with Crippen LogP contribution in [0.4, 0.5) is 8.78 Å². The largest absolute Gasteiger partial charge is 0.491 e. The molecule has 6 rings (SSSR count). The first-order chi connectivity index (χ1) is 18.1. The topological polar surface area (TPSA) is 81.9 Å². The number of amides is 1. The number of halogens is 2. The molecule has 0 saturated heterocycles. The van der Waals surface area contributed by atoms with Gasteiger partial charge in [0.1, 0.15) is 35.0 Å². The van der Waals surface area contributed by atoms with Crippen LogP contribution in [0, 0.1) is 11.6 Å². The molecule has 1 aliphatic rings. The number of aromatic nitrogens is 4. The highest BCUT2D eigenvalue weighted by Gasteiger charge is 2.24. The Kier molecular flexibility index (Phi) is 5.93. The molecule has 7 nitrogen and oxygen atoms in total. The Morgan fingerprint density at radius 1 is 1.08 bits per heavy atom. The lowest BCUT2D eigenvalue weighted by Crippen LogP contribution is -2.23. The Morgan fingerprint density at radius 2 is 1.95 bits per heavy atom. The molecule has 0 aliphatic carbocycles. The van der Waals surface area contributed by atoms with E-state index in [0.717, 1.165) is 26.9 Å². The third-order valence-corrected chi connectivity index (χ3v) is 7.13. The summed E-state index contributed by atoms with van der Waals surface area (Å²) < 4.78 is 35.2. The molecule has 0 fully saturated rings. The van der Waals surface area contributed by atoms with Crippen molar-refractivity contribution >= 4 is 17.2 Å². The molecule has 2 aromatic carbocycles. The van der Waals surface area contributed by atoms with E-state index in [0.29, 0.717) is 36.8 Å². The molecule has 37 heavy (non-hydrogen) atoms. The van der Waals surface area contributed by atoms with Crippen LogP contribution < -0.4 is 10.1 Å². The van der Waals surface area contributed by atoms with E-state index < -0.39 is 11.6 Å². The number of ether oxygens (including phenoxy) is 1. The molecule has 0 saturated carbocycles. The fourth-order valence-corrected chi connectivity index (χ4v) is 5.34. The van der Waals surface area contributed by atoms with E-state index >= 15 is 0 Å². The van der Waals surface area contributed by atoms with Crippen LogP contribution in [-0.2, 0) is 13.0 Å². The fraction of sp³-hybridized carbons (Fsp3) is 0.111. The average molecular weight is 516 g/mol. The normalized spacial score (nSPS) is 12.3. The number of nitrogens with zero attached hydrogens (tertiary/aromatic N) is 4. The second-order valence-corrected chi connectivity index (χ2v) is 9.42. The van der Waals surface area contributed by atoms with Gasteiger partial charge < -0.3 is 10.1 Å². The average Bonchev–Trinajstić information content (AvgIpc) is 3.52. The summed E-state index contributed by atoms with van der Waals surface area (Å²) in [6, 6.07) is 18.3. The molecule has 0 bridgehead atoms. The van der Waals surface area contributed by atoms with E-state index in [1.807, 2.05) is 36.4 Å². The molecule has 1 N–H and O–H groups in total. The summed E-state index contributed by atoms with van der Waals surface area (Å²) >= 11 is 1.40. The number of carbonyl (C=O) groups excluding carboxylic acids is 1. The zero-order valence-electron chi connectivity index (χ0n) is 19.3. The summed E-state index contributed by atoms with van der Waals surface area (Å²) in [6.45, 7) is 0.829. The van der Waals surface area contributed by atoms with Gasteiger partial charge >= 0.3 is 0 Å². The van der Waals surface area contributed by atoms with E-state index in [4.69, 9.17) is 4.74 Å². The smallest absolute Gasteiger partial charge is 0.270 e. The van der Waals surface area contributed by atoms with Gasteiger partial charge in [-0.2, -0.15) is 5.10 Å². The lowest BCUT2D eigenvalue weighted by atomic mass is 10.1. The van der Waals surface area contributed by atoms with Gasteiger partial charge in [-0.25, -0.2) is 23.4 Å². The SMILES string of the molecule is O=C(NCc1ccccc1)c1ccc2c(n1)-c1sc(-c3ncnn3-c3ccc(F)cc3F)cc1CCO2. The molecule has 4 heterocycles. The Hall–Kier alpha value is -4.44. The monoisotopic (exact) mass is 515 g/mol. The minimum Gasteiger partial charge on any atom is -0.491 e. The van der Waals surface area contributed by atoms with Gasteiger partial charge in [-0.05, 0) is 41.5 Å². The van der Waals surface area contributed by atoms with Crippen LogP contribution in [0.5, 0.6) is 5.75 Å². The number of thiophene rings is 1. The summed E-state index contributed by atoms with van der Waals surface area (Å²) in [7, 11) is 0. The summed E-state index contributed by atoms with van der Waals surface area (Å²) in [4.78, 5) is 23.4. The van der Waals surface area contributed by atoms with Crippen molar-refractivity contribution in [2.45, 2.75) is 13.0 Å². The van der Waals surface area contributed by atoms with E-state index in [1.165, 1.54) is 34.5 Å². The molecule has 0 spiro atoms. The maximum Gasteiger partial charge on any atom is 0.270 e. The predicted molar refractivity (Wildman–Crippen MR) is 135 cm³/mol. The van der Waals surface area contributed by atoms with Gasteiger partial charge in [0.15, 0.2) is 11.6 Å². The van der Waals surface area contributed by atoms with Crippen LogP contribution in [0.15, 0.2) is 73.1 Å². The quantitative estimate of drug-likeness (QED) is 0.348. The molecule has 0 radical (unpaired) electrons. The standard InChI is InChI=1S/C27H19F2N5O2S/c28-18-6-8-21(19(29)13-18)34-26(31-15-32-34)23-12-17-10-11-36-22-9-7-20(33-24(22)25(17)37-23)27(35)30-14-16-4-2-1-3-5-16/h1-9,12-13,15H,10-11,14H2,(H,30,35). The van der Waals surface area contributed by atoms with Gasteiger partial charge in [-0.3, -0.25) is 4.79 Å². The van der Waals surface area contributed by atoms with Crippen molar-refractivity contribution in [3.63, 3.8) is 0 Å². The molecule has 0 atom stereocenters. The second kappa shape index (κ2) is 9.55. The summed E-state index contributed by atoms with van der Waals surface area (Å²) in [5, 5.41) is 7.06. The van der Waals surface area contributed by atoms with Gasteiger partial charge in [0.05, 0.1) is 16.4 Å². The number of hydrogen-bond donors (Lipinski definition) is 1. The van der Waals surface area contributed by atoms with Crippen molar-refractivity contribution in [1.29, 1.82) is 0 Å². The Balaban J connectivity index is 1.34. The molecule has 5 aromatic rings. The van der Waals surface area contributed by atoms with Crippen molar-refractivity contribution in [3.05, 3.63) is 102 Å². The Bertz CT molecular complexity index is 1620. The van der Waals surface area contributed by atoms with Crippen LogP contribution in [0.25, 0.3) is 27.0 Å². The van der Waals surface area contributed by atoms with Gasteiger partial charge in [0.25, 0.3) is 5.91 Å². The summed E-state index contributed by atoms with van der Waals surface area (Å²) in [5.74, 6) is -0.699. The van der Waals surface area contributed by atoms with E-state index in [1.54, 1.807) is 12.1 Å². The Morgan fingerprint density at radius 3 is 2.78 bits per heavy atom.